The molecule has 10 nitrogen and oxygen atoms in total. The zero-order valence-electron chi connectivity index (χ0n) is 21.3. The summed E-state index contributed by atoms with van der Waals surface area (Å²) in [6, 6.07) is 9.21. The number of anilines is 1. The van der Waals surface area contributed by atoms with Gasteiger partial charge in [0.25, 0.3) is 11.8 Å². The fourth-order valence-electron chi connectivity index (χ4n) is 5.52. The summed E-state index contributed by atoms with van der Waals surface area (Å²) in [5.74, 6) is 1.88. The number of rotatable bonds is 4. The Morgan fingerprint density at radius 1 is 1.14 bits per heavy atom. The number of β-amino-alcohol motifs (C(OH)–C–C–N with tert-alkyl or cyclic N) is 1. The zero-order chi connectivity index (χ0) is 25.7. The van der Waals surface area contributed by atoms with Crippen molar-refractivity contribution in [3.8, 4) is 11.5 Å². The highest BCUT2D eigenvalue weighted by atomic mass is 16.5. The van der Waals surface area contributed by atoms with E-state index < -0.39 is 0 Å². The molecule has 0 saturated carbocycles. The second kappa shape index (κ2) is 9.26. The second-order valence-electron chi connectivity index (χ2n) is 10.3. The summed E-state index contributed by atoms with van der Waals surface area (Å²) in [6.07, 6.45) is 4.43. The number of benzene rings is 1. The van der Waals surface area contributed by atoms with Gasteiger partial charge in [0.2, 0.25) is 0 Å². The van der Waals surface area contributed by atoms with Gasteiger partial charge in [0.05, 0.1) is 29.0 Å². The Hall–Kier alpha value is -3.79. The summed E-state index contributed by atoms with van der Waals surface area (Å²) in [5.41, 5.74) is 3.75. The SMILES string of the molecule is Cc1noc(-c2ccccc2C(=O)N2CCCC[C@H]2c2cc3nc(N4C[C@@H](C)[C@@H](O)C4)c(C)cn3n2)n1. The number of aryl methyl sites for hydroxylation is 2. The maximum Gasteiger partial charge on any atom is 0.258 e. The van der Waals surface area contributed by atoms with Gasteiger partial charge in [-0.1, -0.05) is 24.2 Å². The lowest BCUT2D eigenvalue weighted by Crippen LogP contribution is -2.39. The van der Waals surface area contributed by atoms with Crippen LogP contribution in [0.2, 0.25) is 0 Å². The molecule has 6 rings (SSSR count). The van der Waals surface area contributed by atoms with Gasteiger partial charge in [0, 0.05) is 43.4 Å². The van der Waals surface area contributed by atoms with E-state index in [2.05, 4.69) is 22.0 Å². The van der Waals surface area contributed by atoms with Crippen molar-refractivity contribution >= 4 is 17.4 Å². The van der Waals surface area contributed by atoms with Crippen LogP contribution in [0.25, 0.3) is 17.1 Å². The molecule has 192 valence electrons. The van der Waals surface area contributed by atoms with Gasteiger partial charge in [0.15, 0.2) is 11.5 Å². The van der Waals surface area contributed by atoms with Gasteiger partial charge in [-0.05, 0) is 45.2 Å². The maximum absolute atomic E-state index is 13.9. The average Bonchev–Trinajstić information content (AvgIpc) is 3.61. The Morgan fingerprint density at radius 3 is 2.73 bits per heavy atom. The Morgan fingerprint density at radius 2 is 1.97 bits per heavy atom. The van der Waals surface area contributed by atoms with Crippen molar-refractivity contribution < 1.29 is 14.4 Å². The van der Waals surface area contributed by atoms with Crippen molar-refractivity contribution in [2.24, 2.45) is 5.92 Å². The summed E-state index contributed by atoms with van der Waals surface area (Å²) in [4.78, 5) is 27.2. The number of hydrogen-bond donors (Lipinski definition) is 1. The van der Waals surface area contributed by atoms with Gasteiger partial charge in [-0.15, -0.1) is 0 Å². The fraction of sp³-hybridized carbons (Fsp3) is 0.444. The number of amides is 1. The Balaban J connectivity index is 1.33. The first-order chi connectivity index (χ1) is 17.9. The van der Waals surface area contributed by atoms with Gasteiger partial charge in [-0.25, -0.2) is 9.50 Å². The first kappa shape index (κ1) is 23.6. The van der Waals surface area contributed by atoms with Crippen LogP contribution in [0.1, 0.15) is 59.7 Å². The quantitative estimate of drug-likeness (QED) is 0.452. The highest BCUT2D eigenvalue weighted by molar-refractivity contribution is 6.00. The van der Waals surface area contributed by atoms with Crippen molar-refractivity contribution in [2.45, 2.75) is 52.2 Å². The van der Waals surface area contributed by atoms with Crippen LogP contribution in [0, 0.1) is 19.8 Å². The van der Waals surface area contributed by atoms with Crippen LogP contribution in [0.5, 0.6) is 0 Å². The van der Waals surface area contributed by atoms with E-state index in [1.54, 1.807) is 11.4 Å². The van der Waals surface area contributed by atoms with Crippen molar-refractivity contribution in [3.05, 3.63) is 59.2 Å². The molecule has 37 heavy (non-hydrogen) atoms. The van der Waals surface area contributed by atoms with E-state index in [-0.39, 0.29) is 24.0 Å². The van der Waals surface area contributed by atoms with E-state index in [0.717, 1.165) is 48.5 Å². The Labute approximate surface area is 214 Å². The third-order valence-electron chi connectivity index (χ3n) is 7.52. The van der Waals surface area contributed by atoms with Gasteiger partial charge in [0.1, 0.15) is 5.82 Å². The number of piperidine rings is 1. The van der Waals surface area contributed by atoms with Crippen molar-refractivity contribution in [1.29, 1.82) is 0 Å². The number of aromatic nitrogens is 5. The highest BCUT2D eigenvalue weighted by Gasteiger charge is 2.33. The minimum absolute atomic E-state index is 0.0712. The molecule has 0 unspecified atom stereocenters. The van der Waals surface area contributed by atoms with E-state index in [1.807, 2.05) is 48.4 Å². The number of hydrogen-bond acceptors (Lipinski definition) is 8. The average molecular weight is 502 g/mol. The van der Waals surface area contributed by atoms with Crippen LogP contribution in [-0.2, 0) is 0 Å². The molecule has 2 aliphatic rings. The van der Waals surface area contributed by atoms with Gasteiger partial charge in [-0.2, -0.15) is 10.1 Å². The van der Waals surface area contributed by atoms with Crippen LogP contribution in [-0.4, -0.2) is 66.4 Å². The predicted molar refractivity (Wildman–Crippen MR) is 137 cm³/mol. The van der Waals surface area contributed by atoms with E-state index in [1.165, 1.54) is 0 Å². The molecule has 2 aliphatic heterocycles. The van der Waals surface area contributed by atoms with Crippen molar-refractivity contribution in [3.63, 3.8) is 0 Å². The maximum atomic E-state index is 13.9. The molecular weight excluding hydrogens is 470 g/mol. The van der Waals surface area contributed by atoms with Crippen molar-refractivity contribution in [2.75, 3.05) is 24.5 Å². The number of fused-ring (bicyclic) bond motifs is 1. The summed E-state index contributed by atoms with van der Waals surface area (Å²) in [5, 5.41) is 19.0. The second-order valence-corrected chi connectivity index (χ2v) is 10.3. The van der Waals surface area contributed by atoms with Crippen LogP contribution in [0.3, 0.4) is 0 Å². The van der Waals surface area contributed by atoms with Crippen molar-refractivity contribution in [1.82, 2.24) is 29.6 Å². The van der Waals surface area contributed by atoms with E-state index in [0.29, 0.717) is 35.9 Å². The minimum Gasteiger partial charge on any atom is -0.391 e. The van der Waals surface area contributed by atoms with Gasteiger partial charge >= 0.3 is 0 Å². The molecule has 1 amide bonds. The highest BCUT2D eigenvalue weighted by Crippen LogP contribution is 2.34. The number of carbonyl (C=O) groups excluding carboxylic acids is 1. The Kier molecular flexibility index (Phi) is 5.91. The molecule has 5 heterocycles. The molecule has 0 radical (unpaired) electrons. The summed E-state index contributed by atoms with van der Waals surface area (Å²) >= 11 is 0. The third-order valence-corrected chi connectivity index (χ3v) is 7.52. The largest absolute Gasteiger partial charge is 0.391 e. The first-order valence-corrected chi connectivity index (χ1v) is 12.9. The number of likely N-dealkylation sites (tertiary alicyclic amines) is 1. The fourth-order valence-corrected chi connectivity index (χ4v) is 5.52. The minimum atomic E-state index is -0.348. The van der Waals surface area contributed by atoms with Crippen LogP contribution in [0.4, 0.5) is 5.82 Å². The molecule has 4 aromatic rings. The lowest BCUT2D eigenvalue weighted by atomic mass is 9.97. The number of aliphatic hydroxyl groups excluding tert-OH is 1. The smallest absolute Gasteiger partial charge is 0.258 e. The topological polar surface area (TPSA) is 113 Å². The zero-order valence-corrected chi connectivity index (χ0v) is 21.3. The molecule has 10 heteroatoms. The standard InChI is InChI=1S/C27H31N7O3/c1-16-13-32(15-23(16)35)25-17(2)14-34-24(29-25)12-21(30-34)22-10-6-7-11-33(22)27(36)20-9-5-4-8-19(20)26-28-18(3)31-37-26/h4-5,8-9,12,14,16,22-23,35H,6-7,10-11,13,15H2,1-3H3/t16-,22+,23+/m1/s1. The number of nitrogens with zero attached hydrogens (tertiary/aromatic N) is 7. The lowest BCUT2D eigenvalue weighted by molar-refractivity contribution is 0.0606. The van der Waals surface area contributed by atoms with Gasteiger partial charge in [-0.3, -0.25) is 4.79 Å². The molecule has 1 N–H and O–H groups in total. The predicted octanol–water partition coefficient (Wildman–Crippen LogP) is 3.58. The summed E-state index contributed by atoms with van der Waals surface area (Å²) < 4.78 is 7.18. The normalized spacial score (nSPS) is 22.2. The molecule has 0 spiro atoms. The molecule has 3 atom stereocenters. The van der Waals surface area contributed by atoms with E-state index >= 15 is 0 Å². The first-order valence-electron chi connectivity index (χ1n) is 12.9. The number of carbonyl (C=O) groups is 1. The lowest BCUT2D eigenvalue weighted by Gasteiger charge is -2.35. The molecule has 2 fully saturated rings. The summed E-state index contributed by atoms with van der Waals surface area (Å²) in [7, 11) is 0. The molecule has 3 aromatic heterocycles. The molecule has 0 bridgehead atoms. The Bertz CT molecular complexity index is 1450. The monoisotopic (exact) mass is 501 g/mol. The summed E-state index contributed by atoms with van der Waals surface area (Å²) in [6.45, 7) is 7.84. The molecule has 1 aromatic carbocycles. The van der Waals surface area contributed by atoms with Gasteiger partial charge < -0.3 is 19.4 Å². The van der Waals surface area contributed by atoms with E-state index in [4.69, 9.17) is 14.6 Å². The molecular formula is C27H31N7O3. The third kappa shape index (κ3) is 4.25. The number of aliphatic hydroxyl groups is 1. The van der Waals surface area contributed by atoms with Crippen LogP contribution in [0.15, 0.2) is 41.1 Å². The molecule has 2 saturated heterocycles. The van der Waals surface area contributed by atoms with Crippen LogP contribution < -0.4 is 4.90 Å². The molecule has 0 aliphatic carbocycles. The van der Waals surface area contributed by atoms with Crippen LogP contribution >= 0.6 is 0 Å². The van der Waals surface area contributed by atoms with E-state index in [9.17, 15) is 9.90 Å².